The van der Waals surface area contributed by atoms with Gasteiger partial charge in [0.25, 0.3) is 0 Å². The maximum absolute atomic E-state index is 6.24. The fourth-order valence-electron chi connectivity index (χ4n) is 9.55. The Morgan fingerprint density at radius 2 is 0.738 bits per heavy atom. The van der Waals surface area contributed by atoms with Gasteiger partial charge in [0.2, 0.25) is 0 Å². The van der Waals surface area contributed by atoms with Gasteiger partial charge in [0, 0.05) is 27.6 Å². The second-order valence-corrected chi connectivity index (χ2v) is 15.9. The SMILES string of the molecule is c1ccc(-c2nc(-c3ccc(-c4cc5ccc6cccc7c8cccc9ccc%10cccc(c(c4)c5c67)c%10c98)cc3)nc(-c3cccc(-c4cc5ccccc5o4)c3)n2)cc1. The number of para-hydroxylation sites is 1. The van der Waals surface area contributed by atoms with E-state index in [0.29, 0.717) is 17.5 Å². The van der Waals surface area contributed by atoms with Gasteiger partial charge in [-0.15, -0.1) is 0 Å². The monoisotopic (exact) mass is 775 g/mol. The van der Waals surface area contributed by atoms with Crippen LogP contribution >= 0.6 is 0 Å². The largest absolute Gasteiger partial charge is 0.456 e. The van der Waals surface area contributed by atoms with E-state index in [1.807, 2.05) is 60.7 Å². The van der Waals surface area contributed by atoms with Crippen LogP contribution in [0.25, 0.3) is 132 Å². The van der Waals surface area contributed by atoms with E-state index in [4.69, 9.17) is 19.4 Å². The Bertz CT molecular complexity index is 3830. The summed E-state index contributed by atoms with van der Waals surface area (Å²) in [5.74, 6) is 2.64. The maximum Gasteiger partial charge on any atom is 0.164 e. The van der Waals surface area contributed by atoms with Crippen LogP contribution in [-0.2, 0) is 0 Å². The minimum absolute atomic E-state index is 0.601. The van der Waals surface area contributed by atoms with E-state index in [2.05, 4.69) is 140 Å². The van der Waals surface area contributed by atoms with Crippen molar-refractivity contribution in [2.45, 2.75) is 0 Å². The molecule has 4 nitrogen and oxygen atoms in total. The fraction of sp³-hybridized carbons (Fsp3) is 0. The van der Waals surface area contributed by atoms with Gasteiger partial charge in [0.15, 0.2) is 17.5 Å². The van der Waals surface area contributed by atoms with Gasteiger partial charge >= 0.3 is 0 Å². The molecule has 0 spiro atoms. The van der Waals surface area contributed by atoms with Crippen molar-refractivity contribution < 1.29 is 4.42 Å². The number of benzene rings is 10. The van der Waals surface area contributed by atoms with Crippen LogP contribution in [0.2, 0.25) is 0 Å². The number of hydrogen-bond acceptors (Lipinski definition) is 4. The summed E-state index contributed by atoms with van der Waals surface area (Å²) in [4.78, 5) is 15.2. The van der Waals surface area contributed by atoms with E-state index in [0.717, 1.165) is 50.1 Å². The lowest BCUT2D eigenvalue weighted by molar-refractivity contribution is 0.631. The third-order valence-electron chi connectivity index (χ3n) is 12.4. The van der Waals surface area contributed by atoms with Crippen molar-refractivity contribution in [3.8, 4) is 56.6 Å². The molecule has 0 aliphatic rings. The molecule has 0 atom stereocenters. The van der Waals surface area contributed by atoms with E-state index in [1.54, 1.807) is 0 Å². The summed E-state index contributed by atoms with van der Waals surface area (Å²) < 4.78 is 6.24. The lowest BCUT2D eigenvalue weighted by Crippen LogP contribution is -2.00. The summed E-state index contributed by atoms with van der Waals surface area (Å²) in [5.41, 5.74) is 6.83. The third kappa shape index (κ3) is 5.36. The van der Waals surface area contributed by atoms with Gasteiger partial charge in [-0.05, 0) is 106 Å². The van der Waals surface area contributed by atoms with Crippen LogP contribution in [0, 0.1) is 0 Å². The molecule has 11 aromatic carbocycles. The lowest BCUT2D eigenvalue weighted by atomic mass is 9.86. The van der Waals surface area contributed by atoms with E-state index in [1.165, 1.54) is 64.6 Å². The highest BCUT2D eigenvalue weighted by molar-refractivity contribution is 6.37. The van der Waals surface area contributed by atoms with Gasteiger partial charge in [-0.25, -0.2) is 15.0 Å². The van der Waals surface area contributed by atoms with E-state index in [9.17, 15) is 0 Å². The predicted molar refractivity (Wildman–Crippen MR) is 253 cm³/mol. The molecule has 2 aromatic heterocycles. The Kier molecular flexibility index (Phi) is 7.27. The Hall–Kier alpha value is -8.21. The first-order valence-electron chi connectivity index (χ1n) is 20.7. The Balaban J connectivity index is 0.974. The smallest absolute Gasteiger partial charge is 0.164 e. The van der Waals surface area contributed by atoms with Crippen LogP contribution in [0.3, 0.4) is 0 Å². The molecule has 13 aromatic rings. The van der Waals surface area contributed by atoms with Crippen LogP contribution in [0.1, 0.15) is 0 Å². The highest BCUT2D eigenvalue weighted by Crippen LogP contribution is 2.44. The standard InChI is InChI=1S/C57H33N3O/c1-2-10-38(11-3-1)55-58-56(60-57(59-55)43-17-6-16-40(30-43)50-33-41-12-4-5-21-49(41)61-50)39-27-22-34(23-28-39)44-31-42-29-26-37-14-8-19-46-45-18-7-13-35-24-25-36-15-9-20-47(53(36)51(35)45)48(32-44)54(42)52(37)46/h1-33H. The molecular formula is C57H33N3O. The number of fused-ring (bicyclic) bond motifs is 3. The first kappa shape index (κ1) is 33.7. The van der Waals surface area contributed by atoms with Crippen molar-refractivity contribution in [2.75, 3.05) is 0 Å². The number of hydrogen-bond donors (Lipinski definition) is 0. The molecule has 0 saturated heterocycles. The molecule has 0 unspecified atom stereocenters. The molecular weight excluding hydrogens is 743 g/mol. The van der Waals surface area contributed by atoms with Gasteiger partial charge in [0.1, 0.15) is 11.3 Å². The molecule has 61 heavy (non-hydrogen) atoms. The first-order chi connectivity index (χ1) is 30.2. The normalized spacial score (nSPS) is 11.9. The van der Waals surface area contributed by atoms with Crippen LogP contribution < -0.4 is 0 Å². The van der Waals surface area contributed by atoms with Crippen molar-refractivity contribution in [3.05, 3.63) is 200 Å². The number of aromatic nitrogens is 3. The quantitative estimate of drug-likeness (QED) is 0.163. The zero-order valence-corrected chi connectivity index (χ0v) is 32.8. The molecule has 0 radical (unpaired) electrons. The second kappa shape index (κ2) is 13.2. The average molecular weight is 776 g/mol. The van der Waals surface area contributed by atoms with E-state index < -0.39 is 0 Å². The van der Waals surface area contributed by atoms with Crippen molar-refractivity contribution in [1.82, 2.24) is 15.0 Å². The maximum atomic E-state index is 6.24. The molecule has 2 heterocycles. The van der Waals surface area contributed by atoms with E-state index >= 15 is 0 Å². The molecule has 0 aliphatic carbocycles. The van der Waals surface area contributed by atoms with Gasteiger partial charge in [-0.3, -0.25) is 0 Å². The van der Waals surface area contributed by atoms with Crippen LogP contribution in [0.4, 0.5) is 0 Å². The van der Waals surface area contributed by atoms with Crippen molar-refractivity contribution in [2.24, 2.45) is 0 Å². The third-order valence-corrected chi connectivity index (χ3v) is 12.4. The molecule has 0 aliphatic heterocycles. The minimum atomic E-state index is 0.601. The summed E-state index contributed by atoms with van der Waals surface area (Å²) in [6.45, 7) is 0. The average Bonchev–Trinajstić information content (AvgIpc) is 3.77. The van der Waals surface area contributed by atoms with Crippen LogP contribution in [-0.4, -0.2) is 15.0 Å². The van der Waals surface area contributed by atoms with Gasteiger partial charge in [-0.1, -0.05) is 170 Å². The highest BCUT2D eigenvalue weighted by atomic mass is 16.3. The molecule has 0 fully saturated rings. The molecule has 0 saturated carbocycles. The number of furan rings is 1. The molecule has 4 heteroatoms. The minimum Gasteiger partial charge on any atom is -0.456 e. The van der Waals surface area contributed by atoms with Crippen molar-refractivity contribution in [1.29, 1.82) is 0 Å². The van der Waals surface area contributed by atoms with Crippen LogP contribution in [0.15, 0.2) is 205 Å². The topological polar surface area (TPSA) is 51.8 Å². The molecule has 0 amide bonds. The Morgan fingerprint density at radius 1 is 0.262 bits per heavy atom. The Labute approximate surface area is 350 Å². The number of rotatable bonds is 5. The fourth-order valence-corrected chi connectivity index (χ4v) is 9.55. The molecule has 0 bridgehead atoms. The summed E-state index contributed by atoms with van der Waals surface area (Å²) in [7, 11) is 0. The summed E-state index contributed by atoms with van der Waals surface area (Å²) in [5, 5.41) is 16.3. The second-order valence-electron chi connectivity index (χ2n) is 15.9. The lowest BCUT2D eigenvalue weighted by Gasteiger charge is -2.17. The molecule has 13 rings (SSSR count). The summed E-state index contributed by atoms with van der Waals surface area (Å²) in [6.07, 6.45) is 0. The zero-order chi connectivity index (χ0) is 40.0. The van der Waals surface area contributed by atoms with Gasteiger partial charge < -0.3 is 4.42 Å². The summed E-state index contributed by atoms with van der Waals surface area (Å²) in [6, 6.07) is 71.3. The van der Waals surface area contributed by atoms with Gasteiger partial charge in [0.05, 0.1) is 0 Å². The van der Waals surface area contributed by atoms with E-state index in [-0.39, 0.29) is 0 Å². The first-order valence-corrected chi connectivity index (χ1v) is 20.7. The van der Waals surface area contributed by atoms with Crippen LogP contribution in [0.5, 0.6) is 0 Å². The van der Waals surface area contributed by atoms with Crippen molar-refractivity contribution in [3.63, 3.8) is 0 Å². The molecule has 0 N–H and O–H groups in total. The summed E-state index contributed by atoms with van der Waals surface area (Å²) >= 11 is 0. The molecule has 282 valence electrons. The number of nitrogens with zero attached hydrogens (tertiary/aromatic N) is 3. The predicted octanol–water partition coefficient (Wildman–Crippen LogP) is 15.3. The van der Waals surface area contributed by atoms with Gasteiger partial charge in [-0.2, -0.15) is 0 Å². The Morgan fingerprint density at radius 3 is 1.39 bits per heavy atom. The zero-order valence-electron chi connectivity index (χ0n) is 32.8. The van der Waals surface area contributed by atoms with Crippen molar-refractivity contribution >= 4 is 75.6 Å². The highest BCUT2D eigenvalue weighted by Gasteiger charge is 2.18.